The smallest absolute Gasteiger partial charge is 0.306 e. The third kappa shape index (κ3) is 53.1. The SMILES string of the molecule is CCCCCCCC/C=C\CCCCCCCC(=O)OC(COC(=O)CCCCCCCC)COC(=O)CCCCCCCCCCCCCCCCCCCCCCCCCCCCC. The summed E-state index contributed by atoms with van der Waals surface area (Å²) in [6.45, 7) is 6.62. The summed E-state index contributed by atoms with van der Waals surface area (Å²) in [5, 5.41) is 0. The van der Waals surface area contributed by atoms with Crippen LogP contribution in [0.1, 0.15) is 335 Å². The van der Waals surface area contributed by atoms with Crippen LogP contribution in [0.3, 0.4) is 0 Å². The maximum atomic E-state index is 12.8. The standard InChI is InChI=1S/C60H114O6/c1-4-7-10-13-16-18-20-22-24-25-26-27-28-29-30-31-32-33-34-35-37-38-40-42-44-47-50-53-59(62)65-56-57(55-64-58(61)52-49-46-15-12-9-6-3)66-60(63)54-51-48-45-43-41-39-36-23-21-19-17-14-11-8-5-2/h23,36,57H,4-22,24-35,37-56H2,1-3H3/b36-23-. The van der Waals surface area contributed by atoms with Crippen molar-refractivity contribution in [2.24, 2.45) is 0 Å². The molecule has 0 radical (unpaired) electrons. The molecule has 0 saturated heterocycles. The maximum absolute atomic E-state index is 12.8. The van der Waals surface area contributed by atoms with Crippen molar-refractivity contribution in [3.63, 3.8) is 0 Å². The summed E-state index contributed by atoms with van der Waals surface area (Å²) >= 11 is 0. The Morgan fingerprint density at radius 1 is 0.288 bits per heavy atom. The van der Waals surface area contributed by atoms with E-state index in [-0.39, 0.29) is 31.1 Å². The van der Waals surface area contributed by atoms with Crippen LogP contribution < -0.4 is 0 Å². The molecule has 0 aromatic heterocycles. The van der Waals surface area contributed by atoms with E-state index in [9.17, 15) is 14.4 Å². The van der Waals surface area contributed by atoms with E-state index in [1.54, 1.807) is 0 Å². The van der Waals surface area contributed by atoms with Crippen molar-refractivity contribution in [2.75, 3.05) is 13.2 Å². The van der Waals surface area contributed by atoms with Crippen molar-refractivity contribution in [1.29, 1.82) is 0 Å². The number of allylic oxidation sites excluding steroid dienone is 2. The van der Waals surface area contributed by atoms with Gasteiger partial charge < -0.3 is 14.2 Å². The number of carbonyl (C=O) groups is 3. The minimum Gasteiger partial charge on any atom is -0.462 e. The van der Waals surface area contributed by atoms with Gasteiger partial charge in [-0.05, 0) is 44.9 Å². The first-order chi connectivity index (χ1) is 32.5. The average molecular weight is 932 g/mol. The fourth-order valence-electron chi connectivity index (χ4n) is 9.03. The van der Waals surface area contributed by atoms with E-state index in [0.29, 0.717) is 19.3 Å². The number of carbonyl (C=O) groups excluding carboxylic acids is 3. The summed E-state index contributed by atoms with van der Waals surface area (Å²) in [5.74, 6) is -0.867. The molecular weight excluding hydrogens is 817 g/mol. The van der Waals surface area contributed by atoms with Crippen LogP contribution in [0.25, 0.3) is 0 Å². The fourth-order valence-corrected chi connectivity index (χ4v) is 9.03. The molecule has 0 saturated carbocycles. The topological polar surface area (TPSA) is 78.9 Å². The van der Waals surface area contributed by atoms with Gasteiger partial charge >= 0.3 is 17.9 Å². The lowest BCUT2D eigenvalue weighted by molar-refractivity contribution is -0.167. The minimum absolute atomic E-state index is 0.0687. The number of ether oxygens (including phenoxy) is 3. The molecule has 0 bridgehead atoms. The molecular formula is C60H114O6. The van der Waals surface area contributed by atoms with Gasteiger partial charge in [0.05, 0.1) is 0 Å². The van der Waals surface area contributed by atoms with Gasteiger partial charge in [0.15, 0.2) is 6.10 Å². The van der Waals surface area contributed by atoms with Crippen LogP contribution in [-0.4, -0.2) is 37.2 Å². The third-order valence-corrected chi connectivity index (χ3v) is 13.5. The molecule has 0 aromatic carbocycles. The van der Waals surface area contributed by atoms with Crippen LogP contribution in [0.15, 0.2) is 12.2 Å². The highest BCUT2D eigenvalue weighted by Crippen LogP contribution is 2.18. The fraction of sp³-hybridized carbons (Fsp3) is 0.917. The number of hydrogen-bond acceptors (Lipinski definition) is 6. The van der Waals surface area contributed by atoms with Crippen LogP contribution in [0.4, 0.5) is 0 Å². The van der Waals surface area contributed by atoms with Crippen LogP contribution in [0, 0.1) is 0 Å². The van der Waals surface area contributed by atoms with Crippen molar-refractivity contribution in [1.82, 2.24) is 0 Å². The van der Waals surface area contributed by atoms with E-state index < -0.39 is 6.10 Å². The molecule has 0 amide bonds. The van der Waals surface area contributed by atoms with Crippen molar-refractivity contribution < 1.29 is 28.6 Å². The van der Waals surface area contributed by atoms with Crippen molar-refractivity contribution in [3.8, 4) is 0 Å². The molecule has 6 nitrogen and oxygen atoms in total. The average Bonchev–Trinajstić information content (AvgIpc) is 3.31. The number of unbranched alkanes of at least 4 members (excludes halogenated alkanes) is 42. The lowest BCUT2D eigenvalue weighted by atomic mass is 10.0. The largest absolute Gasteiger partial charge is 0.462 e. The molecule has 0 aromatic rings. The summed E-state index contributed by atoms with van der Waals surface area (Å²) in [4.78, 5) is 37.8. The zero-order valence-corrected chi connectivity index (χ0v) is 44.7. The predicted octanol–water partition coefficient (Wildman–Crippen LogP) is 19.7. The molecule has 0 spiro atoms. The van der Waals surface area contributed by atoms with E-state index in [1.165, 1.54) is 231 Å². The summed E-state index contributed by atoms with van der Waals surface area (Å²) < 4.78 is 16.8. The highest BCUT2D eigenvalue weighted by Gasteiger charge is 2.19. The zero-order valence-electron chi connectivity index (χ0n) is 44.7. The molecule has 0 aliphatic rings. The molecule has 66 heavy (non-hydrogen) atoms. The monoisotopic (exact) mass is 931 g/mol. The lowest BCUT2D eigenvalue weighted by Gasteiger charge is -2.18. The van der Waals surface area contributed by atoms with Gasteiger partial charge in [-0.25, -0.2) is 0 Å². The second kappa shape index (κ2) is 55.7. The van der Waals surface area contributed by atoms with Gasteiger partial charge in [-0.1, -0.05) is 283 Å². The zero-order chi connectivity index (χ0) is 47.9. The van der Waals surface area contributed by atoms with Crippen LogP contribution >= 0.6 is 0 Å². The van der Waals surface area contributed by atoms with E-state index in [2.05, 4.69) is 32.9 Å². The Balaban J connectivity index is 3.99. The first kappa shape index (κ1) is 64.2. The molecule has 0 heterocycles. The quantitative estimate of drug-likeness (QED) is 0.0262. The highest BCUT2D eigenvalue weighted by atomic mass is 16.6. The van der Waals surface area contributed by atoms with Crippen LogP contribution in [0.2, 0.25) is 0 Å². The van der Waals surface area contributed by atoms with Gasteiger partial charge in [0.25, 0.3) is 0 Å². The van der Waals surface area contributed by atoms with Gasteiger partial charge in [-0.2, -0.15) is 0 Å². The molecule has 1 unspecified atom stereocenters. The highest BCUT2D eigenvalue weighted by molar-refractivity contribution is 5.71. The van der Waals surface area contributed by atoms with Gasteiger partial charge in [-0.3, -0.25) is 14.4 Å². The Hall–Kier alpha value is -1.85. The summed E-state index contributed by atoms with van der Waals surface area (Å²) in [6, 6.07) is 0. The first-order valence-corrected chi connectivity index (χ1v) is 29.7. The second-order valence-electron chi connectivity index (χ2n) is 20.3. The number of rotatable bonds is 55. The third-order valence-electron chi connectivity index (χ3n) is 13.5. The molecule has 6 heteroatoms. The molecule has 0 aliphatic heterocycles. The summed E-state index contributed by atoms with van der Waals surface area (Å²) in [5.41, 5.74) is 0. The minimum atomic E-state index is -0.767. The Morgan fingerprint density at radius 2 is 0.500 bits per heavy atom. The second-order valence-corrected chi connectivity index (χ2v) is 20.3. The normalized spacial score (nSPS) is 12.0. The predicted molar refractivity (Wildman–Crippen MR) is 284 cm³/mol. The first-order valence-electron chi connectivity index (χ1n) is 29.7. The van der Waals surface area contributed by atoms with Crippen LogP contribution in [0.5, 0.6) is 0 Å². The molecule has 0 fully saturated rings. The van der Waals surface area contributed by atoms with E-state index in [4.69, 9.17) is 14.2 Å². The Bertz CT molecular complexity index is 1020. The van der Waals surface area contributed by atoms with Crippen LogP contribution in [-0.2, 0) is 28.6 Å². The maximum Gasteiger partial charge on any atom is 0.306 e. The van der Waals surface area contributed by atoms with Gasteiger partial charge in [0.2, 0.25) is 0 Å². The lowest BCUT2D eigenvalue weighted by Crippen LogP contribution is -2.30. The van der Waals surface area contributed by atoms with Crippen molar-refractivity contribution >= 4 is 17.9 Å². The molecule has 390 valence electrons. The van der Waals surface area contributed by atoms with E-state index in [1.807, 2.05) is 0 Å². The molecule has 0 N–H and O–H groups in total. The Labute approximate surface area is 411 Å². The Kier molecular flexibility index (Phi) is 54.2. The molecule has 0 aliphatic carbocycles. The Morgan fingerprint density at radius 3 is 0.758 bits per heavy atom. The van der Waals surface area contributed by atoms with Gasteiger partial charge in [0, 0.05) is 19.3 Å². The van der Waals surface area contributed by atoms with E-state index >= 15 is 0 Å². The summed E-state index contributed by atoms with van der Waals surface area (Å²) in [6.07, 6.45) is 64.0. The number of esters is 3. The van der Waals surface area contributed by atoms with Crippen molar-refractivity contribution in [3.05, 3.63) is 12.2 Å². The number of hydrogen-bond donors (Lipinski definition) is 0. The van der Waals surface area contributed by atoms with E-state index in [0.717, 1.165) is 64.2 Å². The van der Waals surface area contributed by atoms with Crippen molar-refractivity contribution in [2.45, 2.75) is 341 Å². The summed E-state index contributed by atoms with van der Waals surface area (Å²) in [7, 11) is 0. The molecule has 1 atom stereocenters. The van der Waals surface area contributed by atoms with Gasteiger partial charge in [-0.15, -0.1) is 0 Å². The van der Waals surface area contributed by atoms with Gasteiger partial charge in [0.1, 0.15) is 13.2 Å². The molecule has 0 rings (SSSR count).